The van der Waals surface area contributed by atoms with Crippen LogP contribution in [0.1, 0.15) is 79.1 Å². The van der Waals surface area contributed by atoms with Crippen molar-refractivity contribution in [2.24, 2.45) is 11.8 Å². The molecule has 0 aliphatic carbocycles. The normalized spacial score (nSPS) is 12.7. The summed E-state index contributed by atoms with van der Waals surface area (Å²) in [6, 6.07) is 32.4. The number of hydrogen-bond acceptors (Lipinski definition) is 3. The topological polar surface area (TPSA) is 21.7 Å². The summed E-state index contributed by atoms with van der Waals surface area (Å²) in [5.74, 6) is 2.95. The van der Waals surface area contributed by atoms with Crippen LogP contribution in [0.5, 0.6) is 11.5 Å². The molecule has 0 aromatic heterocycles. The van der Waals surface area contributed by atoms with Gasteiger partial charge in [0.15, 0.2) is 0 Å². The van der Waals surface area contributed by atoms with E-state index in [4.69, 9.17) is 9.47 Å². The fourth-order valence-electron chi connectivity index (χ4n) is 6.38. The fraction of sp³-hybridized carbons (Fsp3) is 0.381. The van der Waals surface area contributed by atoms with E-state index in [2.05, 4.69) is 155 Å². The van der Waals surface area contributed by atoms with Gasteiger partial charge in [0, 0.05) is 27.2 Å². The highest BCUT2D eigenvalue weighted by molar-refractivity contribution is 9.11. The summed E-state index contributed by atoms with van der Waals surface area (Å²) in [5.41, 5.74) is 3.32. The molecule has 248 valence electrons. The van der Waals surface area contributed by atoms with E-state index in [-0.39, 0.29) is 0 Å². The van der Waals surface area contributed by atoms with Gasteiger partial charge in [0.25, 0.3) is 0 Å². The largest absolute Gasteiger partial charge is 0.492 e. The standard InChI is InChI=1S/C42H49Br2NO2/c1-5-9-16-30(7-3)28-46-39-26-24-33-35(41(39)43)20-14-22-37(33)45(32-18-12-11-13-19-32)38-23-15-21-36-34(38)25-27-40(42(36)44)47-29-31(8-4)17-10-6-2/h11-15,18-27,30-31H,5-10,16-17,28-29H2,1-4H3. The number of ether oxygens (including phenoxy) is 2. The van der Waals surface area contributed by atoms with Crippen molar-refractivity contribution in [3.05, 3.63) is 99.9 Å². The number of benzene rings is 5. The van der Waals surface area contributed by atoms with E-state index in [0.717, 1.165) is 85.1 Å². The summed E-state index contributed by atoms with van der Waals surface area (Å²) in [6.07, 6.45) is 9.62. The van der Waals surface area contributed by atoms with Crippen molar-refractivity contribution in [3.8, 4) is 11.5 Å². The third kappa shape index (κ3) is 8.35. The van der Waals surface area contributed by atoms with Crippen molar-refractivity contribution in [2.75, 3.05) is 18.1 Å². The van der Waals surface area contributed by atoms with Crippen LogP contribution in [-0.2, 0) is 0 Å². The second kappa shape index (κ2) is 17.4. The van der Waals surface area contributed by atoms with Gasteiger partial charge in [0.05, 0.1) is 33.5 Å². The number of fused-ring (bicyclic) bond motifs is 2. The maximum Gasteiger partial charge on any atom is 0.134 e. The molecule has 0 N–H and O–H groups in total. The minimum atomic E-state index is 0.572. The SMILES string of the molecule is CCCCC(CC)COc1ccc2c(N(c3ccccc3)c3cccc4c(Br)c(OCC(CC)CCCC)ccc34)cccc2c1Br. The van der Waals surface area contributed by atoms with Crippen LogP contribution < -0.4 is 14.4 Å². The summed E-state index contributed by atoms with van der Waals surface area (Å²) in [6.45, 7) is 10.5. The Hall–Kier alpha value is -3.02. The third-order valence-corrected chi connectivity index (χ3v) is 11.0. The van der Waals surface area contributed by atoms with Gasteiger partial charge in [-0.15, -0.1) is 0 Å². The van der Waals surface area contributed by atoms with E-state index in [1.54, 1.807) is 0 Å². The van der Waals surface area contributed by atoms with Crippen LogP contribution in [0.4, 0.5) is 17.1 Å². The van der Waals surface area contributed by atoms with Crippen molar-refractivity contribution >= 4 is 70.5 Å². The average molecular weight is 760 g/mol. The van der Waals surface area contributed by atoms with Gasteiger partial charge >= 0.3 is 0 Å². The molecule has 47 heavy (non-hydrogen) atoms. The summed E-state index contributed by atoms with van der Waals surface area (Å²) in [4.78, 5) is 2.38. The Labute approximate surface area is 298 Å². The number of unbranched alkanes of at least 4 members (excludes halogenated alkanes) is 2. The van der Waals surface area contributed by atoms with Crippen LogP contribution in [-0.4, -0.2) is 13.2 Å². The molecule has 0 radical (unpaired) electrons. The van der Waals surface area contributed by atoms with Crippen molar-refractivity contribution in [1.82, 2.24) is 0 Å². The zero-order valence-corrected chi connectivity index (χ0v) is 31.6. The first-order valence-electron chi connectivity index (χ1n) is 17.5. The number of halogens is 2. The van der Waals surface area contributed by atoms with E-state index < -0.39 is 0 Å². The van der Waals surface area contributed by atoms with E-state index in [9.17, 15) is 0 Å². The molecule has 2 atom stereocenters. The molecule has 0 aliphatic heterocycles. The number of para-hydroxylation sites is 1. The van der Waals surface area contributed by atoms with Crippen LogP contribution in [0, 0.1) is 11.8 Å². The van der Waals surface area contributed by atoms with Gasteiger partial charge in [-0.25, -0.2) is 0 Å². The molecule has 2 unspecified atom stereocenters. The van der Waals surface area contributed by atoms with Gasteiger partial charge in [-0.2, -0.15) is 0 Å². The molecule has 0 heterocycles. The smallest absolute Gasteiger partial charge is 0.134 e. The van der Waals surface area contributed by atoms with Crippen molar-refractivity contribution in [1.29, 1.82) is 0 Å². The van der Waals surface area contributed by atoms with Gasteiger partial charge in [0.2, 0.25) is 0 Å². The Bertz CT molecular complexity index is 1630. The molecule has 0 amide bonds. The molecule has 5 rings (SSSR count). The van der Waals surface area contributed by atoms with Crippen molar-refractivity contribution in [3.63, 3.8) is 0 Å². The van der Waals surface area contributed by atoms with Crippen LogP contribution in [0.3, 0.4) is 0 Å². The molecule has 5 aromatic rings. The molecule has 0 saturated heterocycles. The maximum absolute atomic E-state index is 6.43. The zero-order chi connectivity index (χ0) is 33.2. The molecule has 0 saturated carbocycles. The Morgan fingerprint density at radius 3 is 1.43 bits per heavy atom. The number of anilines is 3. The second-order valence-corrected chi connectivity index (χ2v) is 14.2. The highest BCUT2D eigenvalue weighted by Gasteiger charge is 2.21. The quantitative estimate of drug-likeness (QED) is 0.0942. The molecule has 5 heteroatoms. The lowest BCUT2D eigenvalue weighted by molar-refractivity contribution is 0.232. The van der Waals surface area contributed by atoms with Crippen molar-refractivity contribution < 1.29 is 9.47 Å². The summed E-state index contributed by atoms with van der Waals surface area (Å²) in [5, 5.41) is 4.58. The Morgan fingerprint density at radius 2 is 1.00 bits per heavy atom. The number of rotatable bonds is 17. The molecule has 0 bridgehead atoms. The first-order valence-corrected chi connectivity index (χ1v) is 19.1. The second-order valence-electron chi connectivity index (χ2n) is 12.6. The van der Waals surface area contributed by atoms with Gasteiger partial charge in [0.1, 0.15) is 11.5 Å². The highest BCUT2D eigenvalue weighted by atomic mass is 79.9. The molecule has 0 aliphatic rings. The lowest BCUT2D eigenvalue weighted by Gasteiger charge is -2.28. The summed E-state index contributed by atoms with van der Waals surface area (Å²) >= 11 is 7.88. The predicted octanol–water partition coefficient (Wildman–Crippen LogP) is 14.2. The lowest BCUT2D eigenvalue weighted by Crippen LogP contribution is -2.12. The average Bonchev–Trinajstić information content (AvgIpc) is 3.11. The molecule has 5 aromatic carbocycles. The first-order chi connectivity index (χ1) is 23.0. The monoisotopic (exact) mass is 757 g/mol. The minimum absolute atomic E-state index is 0.572. The number of hydrogen-bond donors (Lipinski definition) is 0. The van der Waals surface area contributed by atoms with Crippen LogP contribution in [0.25, 0.3) is 21.5 Å². The Balaban J connectivity index is 1.54. The van der Waals surface area contributed by atoms with Crippen LogP contribution in [0.2, 0.25) is 0 Å². The highest BCUT2D eigenvalue weighted by Crippen LogP contribution is 2.46. The van der Waals surface area contributed by atoms with E-state index in [1.165, 1.54) is 38.5 Å². The molecule has 3 nitrogen and oxygen atoms in total. The van der Waals surface area contributed by atoms with Gasteiger partial charge in [-0.05, 0) is 105 Å². The predicted molar refractivity (Wildman–Crippen MR) is 209 cm³/mol. The summed E-state index contributed by atoms with van der Waals surface area (Å²) in [7, 11) is 0. The van der Waals surface area contributed by atoms with E-state index >= 15 is 0 Å². The molecular formula is C42H49Br2NO2. The van der Waals surface area contributed by atoms with Gasteiger partial charge in [-0.3, -0.25) is 0 Å². The van der Waals surface area contributed by atoms with Crippen molar-refractivity contribution in [2.45, 2.75) is 79.1 Å². The molecule has 0 fully saturated rings. The Morgan fingerprint density at radius 1 is 0.532 bits per heavy atom. The third-order valence-electron chi connectivity index (χ3n) is 9.41. The maximum atomic E-state index is 6.43. The van der Waals surface area contributed by atoms with Crippen LogP contribution in [0.15, 0.2) is 99.9 Å². The Kier molecular flexibility index (Phi) is 13.1. The lowest BCUT2D eigenvalue weighted by atomic mass is 10.0. The van der Waals surface area contributed by atoms with Crippen LogP contribution >= 0.6 is 31.9 Å². The van der Waals surface area contributed by atoms with Gasteiger partial charge in [-0.1, -0.05) is 109 Å². The number of nitrogens with zero attached hydrogens (tertiary/aromatic N) is 1. The van der Waals surface area contributed by atoms with E-state index in [0.29, 0.717) is 11.8 Å². The zero-order valence-electron chi connectivity index (χ0n) is 28.4. The molecule has 0 spiro atoms. The minimum Gasteiger partial charge on any atom is -0.492 e. The van der Waals surface area contributed by atoms with Gasteiger partial charge < -0.3 is 14.4 Å². The van der Waals surface area contributed by atoms with E-state index in [1.807, 2.05) is 0 Å². The molecular weight excluding hydrogens is 710 g/mol. The first kappa shape index (κ1) is 35.3. The summed E-state index contributed by atoms with van der Waals surface area (Å²) < 4.78 is 14.9. The fourth-order valence-corrected chi connectivity index (χ4v) is 7.56.